The van der Waals surface area contributed by atoms with Gasteiger partial charge in [-0.2, -0.15) is 10.2 Å². The van der Waals surface area contributed by atoms with Gasteiger partial charge in [0.2, 0.25) is 6.04 Å². The lowest BCUT2D eigenvalue weighted by molar-refractivity contribution is -0.126. The molecule has 9 nitrogen and oxygen atoms in total. The van der Waals surface area contributed by atoms with Gasteiger partial charge in [0, 0.05) is 17.8 Å². The highest BCUT2D eigenvalue weighted by Crippen LogP contribution is 2.39. The lowest BCUT2D eigenvalue weighted by Gasteiger charge is -2.21. The highest BCUT2D eigenvalue weighted by molar-refractivity contribution is 6.39. The Labute approximate surface area is 204 Å². The van der Waals surface area contributed by atoms with Gasteiger partial charge in [-0.15, -0.1) is 0 Å². The van der Waals surface area contributed by atoms with E-state index in [1.54, 1.807) is 43.3 Å². The molecule has 34 heavy (non-hydrogen) atoms. The molecule has 1 unspecified atom stereocenters. The molecule has 1 atom stereocenters. The van der Waals surface area contributed by atoms with Gasteiger partial charge in [-0.05, 0) is 58.9 Å². The van der Waals surface area contributed by atoms with Crippen LogP contribution in [0.4, 0.5) is 11.4 Å². The lowest BCUT2D eigenvalue weighted by atomic mass is 10.2. The van der Waals surface area contributed by atoms with Gasteiger partial charge in [0.25, 0.3) is 5.91 Å². The molecule has 0 aliphatic heterocycles. The van der Waals surface area contributed by atoms with E-state index in [0.717, 1.165) is 4.42 Å². The van der Waals surface area contributed by atoms with Gasteiger partial charge < -0.3 is 18.9 Å². The van der Waals surface area contributed by atoms with Crippen molar-refractivity contribution in [3.63, 3.8) is 0 Å². The van der Waals surface area contributed by atoms with Crippen LogP contribution >= 0.6 is 11.8 Å². The summed E-state index contributed by atoms with van der Waals surface area (Å²) < 4.78 is 23.1. The van der Waals surface area contributed by atoms with E-state index < -0.39 is 17.7 Å². The maximum Gasteiger partial charge on any atom is 0.276 e. The highest BCUT2D eigenvalue weighted by Gasteiger charge is 2.31. The Morgan fingerprint density at radius 2 is 1.56 bits per heavy atom. The Hall–Kier alpha value is -3.33. The minimum atomic E-state index is -1.48. The number of Topliss-reactive ketones (excluding diaryl/α,β-unsaturated/α-hetero) is 1. The minimum absolute atomic E-state index is 0.231. The summed E-state index contributed by atoms with van der Waals surface area (Å²) in [6.45, 7) is 10.1. The Bertz CT molecular complexity index is 1010. The van der Waals surface area contributed by atoms with Gasteiger partial charge in [0.1, 0.15) is 22.9 Å². The Kier molecular flexibility index (Phi) is 10.6. The smallest absolute Gasteiger partial charge is 0.276 e. The summed E-state index contributed by atoms with van der Waals surface area (Å²) >= 11 is 6.39. The first-order chi connectivity index (χ1) is 16.4. The standard InChI is InChI=1S/C24H30ClN3O6/c1-6-31-17-13-14-20(32-7-2)18(15-17)26-27-22(16(5)29)24(30)28(25)19-11-10-12-21(33-8-3)23(19)34-9-4/h10-15,22H,6-9H2,1-5H3. The van der Waals surface area contributed by atoms with Crippen LogP contribution in [0.3, 0.4) is 0 Å². The molecule has 0 saturated carbocycles. The number of rotatable bonds is 13. The average molecular weight is 492 g/mol. The molecule has 0 aliphatic rings. The van der Waals surface area contributed by atoms with E-state index >= 15 is 0 Å². The molecule has 0 N–H and O–H groups in total. The number of anilines is 1. The predicted octanol–water partition coefficient (Wildman–Crippen LogP) is 5.51. The van der Waals surface area contributed by atoms with E-state index in [9.17, 15) is 9.59 Å². The molecule has 0 bridgehead atoms. The zero-order chi connectivity index (χ0) is 25.1. The normalized spacial score (nSPS) is 11.7. The van der Waals surface area contributed by atoms with Crippen molar-refractivity contribution in [2.45, 2.75) is 40.7 Å². The maximum absolute atomic E-state index is 13.2. The van der Waals surface area contributed by atoms with Crippen LogP contribution in [0.15, 0.2) is 46.6 Å². The quantitative estimate of drug-likeness (QED) is 0.208. The molecule has 184 valence electrons. The summed E-state index contributed by atoms with van der Waals surface area (Å²) in [6.07, 6.45) is 0. The number of carbonyl (C=O) groups is 2. The predicted molar refractivity (Wildman–Crippen MR) is 130 cm³/mol. The van der Waals surface area contributed by atoms with Gasteiger partial charge >= 0.3 is 0 Å². The summed E-state index contributed by atoms with van der Waals surface area (Å²) in [5.41, 5.74) is 0.551. The molecular weight excluding hydrogens is 462 g/mol. The summed E-state index contributed by atoms with van der Waals surface area (Å²) in [7, 11) is 0. The summed E-state index contributed by atoms with van der Waals surface area (Å²) in [6, 6.07) is 8.53. The molecule has 1 amide bonds. The van der Waals surface area contributed by atoms with Crippen molar-refractivity contribution >= 4 is 34.8 Å². The number of carbonyl (C=O) groups excluding carboxylic acids is 2. The van der Waals surface area contributed by atoms with Crippen molar-refractivity contribution in [3.05, 3.63) is 36.4 Å². The first-order valence-corrected chi connectivity index (χ1v) is 11.4. The van der Waals surface area contributed by atoms with Crippen LogP contribution in [0.5, 0.6) is 23.0 Å². The number of halogens is 1. The summed E-state index contributed by atoms with van der Waals surface area (Å²) in [5, 5.41) is 8.14. The fourth-order valence-corrected chi connectivity index (χ4v) is 3.20. The van der Waals surface area contributed by atoms with Crippen LogP contribution in [0.25, 0.3) is 0 Å². The van der Waals surface area contributed by atoms with Crippen molar-refractivity contribution in [2.24, 2.45) is 10.2 Å². The van der Waals surface area contributed by atoms with Crippen LogP contribution in [-0.4, -0.2) is 44.2 Å². The van der Waals surface area contributed by atoms with Crippen molar-refractivity contribution in [1.82, 2.24) is 0 Å². The van der Waals surface area contributed by atoms with Gasteiger partial charge in [0.05, 0.1) is 26.4 Å². The van der Waals surface area contributed by atoms with Crippen molar-refractivity contribution in [2.75, 3.05) is 30.8 Å². The van der Waals surface area contributed by atoms with Crippen molar-refractivity contribution in [1.29, 1.82) is 0 Å². The second kappa shape index (κ2) is 13.4. The summed E-state index contributed by atoms with van der Waals surface area (Å²) in [4.78, 5) is 25.5. The maximum atomic E-state index is 13.2. The van der Waals surface area contributed by atoms with Crippen molar-refractivity contribution < 1.29 is 28.5 Å². The SMILES string of the molecule is CCOc1ccc(OCC)c(N=NC(C(C)=O)C(=O)N(Cl)c2cccc(OCC)c2OCC)c1. The van der Waals surface area contributed by atoms with Crippen molar-refractivity contribution in [3.8, 4) is 23.0 Å². The molecule has 2 aromatic carbocycles. The number of ether oxygens (including phenoxy) is 4. The fraction of sp³-hybridized carbons (Fsp3) is 0.417. The van der Waals surface area contributed by atoms with Gasteiger partial charge in [-0.25, -0.2) is 4.42 Å². The molecule has 0 aromatic heterocycles. The van der Waals surface area contributed by atoms with E-state index in [-0.39, 0.29) is 11.4 Å². The van der Waals surface area contributed by atoms with Gasteiger partial charge in [0.15, 0.2) is 17.3 Å². The average Bonchev–Trinajstić information content (AvgIpc) is 2.81. The first kappa shape index (κ1) is 26.9. The number of hydrogen-bond donors (Lipinski definition) is 0. The van der Waals surface area contributed by atoms with Gasteiger partial charge in [-0.3, -0.25) is 9.59 Å². The monoisotopic (exact) mass is 491 g/mol. The second-order valence-corrected chi connectivity index (χ2v) is 7.15. The van der Waals surface area contributed by atoms with Gasteiger partial charge in [-0.1, -0.05) is 6.07 Å². The van der Waals surface area contributed by atoms with E-state index in [0.29, 0.717) is 49.4 Å². The van der Waals surface area contributed by atoms with Crippen LogP contribution in [-0.2, 0) is 9.59 Å². The Balaban J connectivity index is 2.40. The second-order valence-electron chi connectivity index (χ2n) is 6.81. The number of azo groups is 1. The van der Waals surface area contributed by atoms with E-state index in [2.05, 4.69) is 10.2 Å². The number of hydrogen-bond acceptors (Lipinski definition) is 8. The minimum Gasteiger partial charge on any atom is -0.494 e. The number of ketones is 1. The topological polar surface area (TPSA) is 99.0 Å². The highest BCUT2D eigenvalue weighted by atomic mass is 35.5. The van der Waals surface area contributed by atoms with Crippen LogP contribution in [0.1, 0.15) is 34.6 Å². The lowest BCUT2D eigenvalue weighted by Crippen LogP contribution is -2.36. The van der Waals surface area contributed by atoms with Crippen LogP contribution in [0.2, 0.25) is 0 Å². The molecule has 10 heteroatoms. The molecule has 0 heterocycles. The fourth-order valence-electron chi connectivity index (χ4n) is 2.98. The number of benzene rings is 2. The molecule has 0 aliphatic carbocycles. The third kappa shape index (κ3) is 6.84. The molecule has 0 saturated heterocycles. The molecule has 2 aromatic rings. The third-order valence-corrected chi connectivity index (χ3v) is 4.74. The molecule has 2 rings (SSSR count). The van der Waals surface area contributed by atoms with E-state index in [1.807, 2.05) is 20.8 Å². The first-order valence-electron chi connectivity index (χ1n) is 11.1. The number of amides is 1. The zero-order valence-electron chi connectivity index (χ0n) is 20.0. The summed E-state index contributed by atoms with van der Waals surface area (Å²) in [5.74, 6) is 0.394. The number of nitrogens with zero attached hydrogens (tertiary/aromatic N) is 3. The third-order valence-electron chi connectivity index (χ3n) is 4.39. The van der Waals surface area contributed by atoms with E-state index in [1.165, 1.54) is 6.92 Å². The Morgan fingerprint density at radius 1 is 0.912 bits per heavy atom. The molecule has 0 spiro atoms. The number of para-hydroxylation sites is 1. The molecule has 0 radical (unpaired) electrons. The molecular formula is C24H30ClN3O6. The largest absolute Gasteiger partial charge is 0.494 e. The Morgan fingerprint density at radius 3 is 2.18 bits per heavy atom. The van der Waals surface area contributed by atoms with E-state index in [4.69, 9.17) is 30.7 Å². The van der Waals surface area contributed by atoms with Crippen LogP contribution < -0.4 is 23.4 Å². The zero-order valence-corrected chi connectivity index (χ0v) is 20.8. The molecule has 0 fully saturated rings. The van der Waals surface area contributed by atoms with Crippen LogP contribution in [0, 0.1) is 0 Å².